The van der Waals surface area contributed by atoms with Gasteiger partial charge in [-0.25, -0.2) is 0 Å². The maximum atomic E-state index is 13.2. The van der Waals surface area contributed by atoms with Crippen molar-refractivity contribution in [2.45, 2.75) is 42.9 Å². The predicted molar refractivity (Wildman–Crippen MR) is 105 cm³/mol. The Balaban J connectivity index is 2.07. The second-order valence-electron chi connectivity index (χ2n) is 8.22. The molecule has 1 aliphatic rings. The lowest BCUT2D eigenvalue weighted by molar-refractivity contribution is -0.385. The van der Waals surface area contributed by atoms with Crippen LogP contribution in [0.4, 0.5) is 58.4 Å². The molecule has 1 heterocycles. The quantitative estimate of drug-likeness (QED) is 0.155. The van der Waals surface area contributed by atoms with Crippen LogP contribution in [0.5, 0.6) is 0 Å². The fourth-order valence-electron chi connectivity index (χ4n) is 3.67. The van der Waals surface area contributed by atoms with E-state index in [1.54, 1.807) is 0 Å². The highest BCUT2D eigenvalue weighted by Gasteiger charge is 2.78. The first-order valence-corrected chi connectivity index (χ1v) is 10.2. The minimum atomic E-state index is -6.25. The van der Waals surface area contributed by atoms with Crippen LogP contribution < -0.4 is 5.32 Å². The largest absolute Gasteiger partial charge is 0.452 e. The van der Waals surface area contributed by atoms with Crippen LogP contribution in [0, 0.1) is 10.1 Å². The van der Waals surface area contributed by atoms with Crippen LogP contribution in [0.25, 0.3) is 0 Å². The van der Waals surface area contributed by atoms with Gasteiger partial charge < -0.3 is 4.74 Å². The summed E-state index contributed by atoms with van der Waals surface area (Å²) in [4.78, 5) is 34.9. The minimum Gasteiger partial charge on any atom is -0.424 e. The lowest BCUT2D eigenvalue weighted by atomic mass is 9.95. The molecule has 1 saturated heterocycles. The molecule has 1 aliphatic heterocycles. The number of nitro groups is 1. The van der Waals surface area contributed by atoms with E-state index in [0.717, 1.165) is 5.32 Å². The van der Waals surface area contributed by atoms with Gasteiger partial charge in [0.05, 0.1) is 16.1 Å². The molecule has 0 bridgehead atoms. The molecule has 0 radical (unpaired) electrons. The number of carbonyl (C=O) groups is 2. The Kier molecular flexibility index (Phi) is 7.38. The Hall–Kier alpha value is -3.90. The van der Waals surface area contributed by atoms with Crippen LogP contribution in [0.1, 0.15) is 32.6 Å². The minimum absolute atomic E-state index is 0.0373. The number of hydrogen-bond donors (Lipinski definition) is 1. The van der Waals surface area contributed by atoms with Gasteiger partial charge in [0.1, 0.15) is 6.04 Å². The summed E-state index contributed by atoms with van der Waals surface area (Å²) in [6, 6.07) is -1.26. The Bertz CT molecular complexity index is 1320. The molecule has 0 spiro atoms. The average molecular weight is 598 g/mol. The highest BCUT2D eigenvalue weighted by Crippen LogP contribution is 2.47. The second kappa shape index (κ2) is 9.63. The Morgan fingerprint density at radius 2 is 1.35 bits per heavy atom. The molecule has 2 aromatic carbocycles. The van der Waals surface area contributed by atoms with Crippen LogP contribution >= 0.6 is 0 Å². The number of halogens is 12. The molecule has 40 heavy (non-hydrogen) atoms. The summed E-state index contributed by atoms with van der Waals surface area (Å²) in [6.07, 6.45) is -24.5. The lowest BCUT2D eigenvalue weighted by Crippen LogP contribution is -2.65. The van der Waals surface area contributed by atoms with E-state index in [1.165, 1.54) is 0 Å². The average Bonchev–Trinajstić information content (AvgIpc) is 3.14. The maximum absolute atomic E-state index is 13.2. The monoisotopic (exact) mass is 598 g/mol. The zero-order chi connectivity index (χ0) is 30.6. The molecule has 218 valence electrons. The van der Waals surface area contributed by atoms with Crippen molar-refractivity contribution in [3.05, 3.63) is 74.3 Å². The number of cyclic esters (lactones) is 1. The Labute approximate surface area is 212 Å². The van der Waals surface area contributed by atoms with Gasteiger partial charge in [0.25, 0.3) is 5.69 Å². The first-order valence-electron chi connectivity index (χ1n) is 10.2. The lowest BCUT2D eigenvalue weighted by Gasteiger charge is -2.31. The third-order valence-electron chi connectivity index (χ3n) is 5.53. The van der Waals surface area contributed by atoms with Gasteiger partial charge in [0.2, 0.25) is 0 Å². The van der Waals surface area contributed by atoms with Crippen molar-refractivity contribution >= 4 is 17.4 Å². The van der Waals surface area contributed by atoms with Gasteiger partial charge in [0.15, 0.2) is 5.78 Å². The summed E-state index contributed by atoms with van der Waals surface area (Å²) >= 11 is 0. The van der Waals surface area contributed by atoms with E-state index in [-0.39, 0.29) is 18.2 Å². The van der Waals surface area contributed by atoms with E-state index in [1.807, 2.05) is 0 Å². The number of benzene rings is 2. The van der Waals surface area contributed by atoms with E-state index in [9.17, 15) is 72.4 Å². The number of alkyl halides is 12. The van der Waals surface area contributed by atoms with Gasteiger partial charge in [-0.3, -0.25) is 25.0 Å². The van der Waals surface area contributed by atoms with Crippen molar-refractivity contribution in [2.24, 2.45) is 0 Å². The molecule has 1 atom stereocenters. The summed E-state index contributed by atoms with van der Waals surface area (Å²) in [5.74, 6) is -3.72. The number of ether oxygens (including phenoxy) is 1. The highest BCUT2D eigenvalue weighted by molar-refractivity contribution is 6.09. The molecule has 1 fully saturated rings. The molecule has 3 rings (SSSR count). The molecule has 2 aromatic rings. The molecule has 0 aliphatic carbocycles. The number of ketones is 1. The number of rotatable bonds is 5. The Morgan fingerprint density at radius 1 is 0.850 bits per heavy atom. The fourth-order valence-corrected chi connectivity index (χ4v) is 3.67. The number of nitro benzene ring substituents is 1. The predicted octanol–water partition coefficient (Wildman–Crippen LogP) is 5.74. The van der Waals surface area contributed by atoms with Crippen molar-refractivity contribution < 1.29 is 71.9 Å². The van der Waals surface area contributed by atoms with E-state index >= 15 is 0 Å². The molecular formula is C21H10F12N2O5. The molecule has 0 saturated carbocycles. The fraction of sp³-hybridized carbons (Fsp3) is 0.333. The summed E-state index contributed by atoms with van der Waals surface area (Å²) in [7, 11) is 0. The zero-order valence-electron chi connectivity index (χ0n) is 18.8. The van der Waals surface area contributed by atoms with Crippen molar-refractivity contribution in [3.63, 3.8) is 0 Å². The van der Waals surface area contributed by atoms with Crippen molar-refractivity contribution in [3.8, 4) is 0 Å². The van der Waals surface area contributed by atoms with Crippen molar-refractivity contribution in [1.82, 2.24) is 5.32 Å². The molecule has 1 N–H and O–H groups in total. The zero-order valence-corrected chi connectivity index (χ0v) is 18.8. The van der Waals surface area contributed by atoms with Gasteiger partial charge >= 0.3 is 36.4 Å². The molecule has 0 aromatic heterocycles. The number of nitrogens with one attached hydrogen (secondary N) is 1. The third kappa shape index (κ3) is 5.68. The molecular weight excluding hydrogens is 588 g/mol. The SMILES string of the molecule is O=C(c1cc(C(F)(F)F)cc(C(F)(F)F)c1)c1ccc([N+](=O)[O-])c(CC2NC(C(F)(F)F)(C(F)(F)F)OC2=O)c1. The van der Waals surface area contributed by atoms with Gasteiger partial charge in [-0.2, -0.15) is 52.7 Å². The highest BCUT2D eigenvalue weighted by atomic mass is 19.4. The van der Waals surface area contributed by atoms with Crippen LogP contribution in [0.15, 0.2) is 36.4 Å². The normalized spacial score (nSPS) is 18.0. The molecule has 1 unspecified atom stereocenters. The van der Waals surface area contributed by atoms with Crippen molar-refractivity contribution in [2.75, 3.05) is 0 Å². The third-order valence-corrected chi connectivity index (χ3v) is 5.53. The van der Waals surface area contributed by atoms with E-state index in [0.29, 0.717) is 18.2 Å². The molecule has 19 heteroatoms. The number of carbonyl (C=O) groups excluding carboxylic acids is 2. The Morgan fingerprint density at radius 3 is 1.75 bits per heavy atom. The van der Waals surface area contributed by atoms with E-state index in [2.05, 4.69) is 4.74 Å². The maximum Gasteiger partial charge on any atom is 0.452 e. The second-order valence-corrected chi connectivity index (χ2v) is 8.22. The van der Waals surface area contributed by atoms with Crippen LogP contribution in [0.2, 0.25) is 0 Å². The van der Waals surface area contributed by atoms with Gasteiger partial charge in [-0.15, -0.1) is 0 Å². The van der Waals surface area contributed by atoms with Crippen molar-refractivity contribution in [1.29, 1.82) is 0 Å². The topological polar surface area (TPSA) is 98.5 Å². The molecule has 7 nitrogen and oxygen atoms in total. The summed E-state index contributed by atoms with van der Waals surface area (Å²) in [5, 5.41) is 12.3. The summed E-state index contributed by atoms with van der Waals surface area (Å²) in [5.41, 5.74) is -12.9. The first-order chi connectivity index (χ1) is 18.0. The van der Waals surface area contributed by atoms with Crippen LogP contribution in [0.3, 0.4) is 0 Å². The number of hydrogen-bond acceptors (Lipinski definition) is 6. The number of esters is 1. The van der Waals surface area contributed by atoms with Crippen LogP contribution in [-0.4, -0.2) is 40.8 Å². The smallest absolute Gasteiger partial charge is 0.424 e. The van der Waals surface area contributed by atoms with Crippen LogP contribution in [-0.2, 0) is 28.3 Å². The molecule has 0 amide bonds. The standard InChI is InChI=1S/C21H10F12N2O5/c22-17(23,24)11-4-10(5-12(7-11)18(25,26)27)15(36)8-1-2-14(35(38)39)9(3-8)6-13-16(37)40-19(34-13,20(28,29)30)21(31,32)33/h1-5,7,13,34H,6H2. The van der Waals surface area contributed by atoms with Gasteiger partial charge in [-0.05, 0) is 30.3 Å². The van der Waals surface area contributed by atoms with Gasteiger partial charge in [-0.1, -0.05) is 0 Å². The van der Waals surface area contributed by atoms with E-state index < -0.39 is 93.1 Å². The van der Waals surface area contributed by atoms with Gasteiger partial charge in [0, 0.05) is 29.2 Å². The summed E-state index contributed by atoms with van der Waals surface area (Å²) < 4.78 is 162. The number of nitrogens with zero attached hydrogens (tertiary/aromatic N) is 1. The van der Waals surface area contributed by atoms with E-state index in [4.69, 9.17) is 0 Å². The first kappa shape index (κ1) is 30.6. The summed E-state index contributed by atoms with van der Waals surface area (Å²) in [6.45, 7) is 0.